The number of thiazole rings is 1. The lowest BCUT2D eigenvalue weighted by molar-refractivity contribution is -0.151. The molecule has 0 saturated carbocycles. The number of hydrogen-bond acceptors (Lipinski definition) is 5. The highest BCUT2D eigenvalue weighted by Gasteiger charge is 2.16. The van der Waals surface area contributed by atoms with E-state index in [0.29, 0.717) is 5.75 Å². The molecule has 0 unspecified atom stereocenters. The zero-order chi connectivity index (χ0) is 11.5. The molecule has 0 radical (unpaired) electrons. The summed E-state index contributed by atoms with van der Waals surface area (Å²) < 4.78 is 6.84. The predicted molar refractivity (Wildman–Crippen MR) is 66.4 cm³/mol. The molecular weight excluding hydrogens is 298 g/mol. The first kappa shape index (κ1) is 13.0. The number of halogens is 1. The summed E-state index contributed by atoms with van der Waals surface area (Å²) in [6, 6.07) is 0. The molecule has 0 saturated heterocycles. The molecule has 6 heteroatoms. The van der Waals surface area contributed by atoms with Crippen molar-refractivity contribution in [3.8, 4) is 0 Å². The summed E-state index contributed by atoms with van der Waals surface area (Å²) in [6.07, 6.45) is 0. The Labute approximate surface area is 106 Å². The Morgan fingerprint density at radius 3 is 2.80 bits per heavy atom. The van der Waals surface area contributed by atoms with Gasteiger partial charge in [0, 0.05) is 5.38 Å². The molecule has 0 aliphatic heterocycles. The van der Waals surface area contributed by atoms with Crippen molar-refractivity contribution in [2.45, 2.75) is 30.7 Å². The molecule has 0 atom stereocenters. The van der Waals surface area contributed by atoms with Crippen molar-refractivity contribution in [1.29, 1.82) is 0 Å². The highest BCUT2D eigenvalue weighted by Crippen LogP contribution is 2.25. The first-order valence-corrected chi connectivity index (χ1v) is 6.98. The summed E-state index contributed by atoms with van der Waals surface area (Å²) in [4.78, 5) is 15.5. The molecule has 15 heavy (non-hydrogen) atoms. The molecule has 1 heterocycles. The van der Waals surface area contributed by atoms with Crippen LogP contribution in [0.5, 0.6) is 0 Å². The molecule has 0 N–H and O–H groups in total. The minimum absolute atomic E-state index is 0.209. The minimum Gasteiger partial charge on any atom is -0.459 e. The van der Waals surface area contributed by atoms with Crippen molar-refractivity contribution in [2.75, 3.05) is 5.75 Å². The van der Waals surface area contributed by atoms with Gasteiger partial charge in [0.15, 0.2) is 4.34 Å². The third-order valence-electron chi connectivity index (χ3n) is 1.19. The molecule has 1 aromatic heterocycles. The van der Waals surface area contributed by atoms with E-state index in [0.717, 1.165) is 8.94 Å². The Morgan fingerprint density at radius 2 is 2.33 bits per heavy atom. The number of ether oxygens (including phenoxy) is 1. The van der Waals surface area contributed by atoms with Crippen molar-refractivity contribution < 1.29 is 9.53 Å². The molecule has 0 aliphatic rings. The summed E-state index contributed by atoms with van der Waals surface area (Å²) in [5.74, 6) is 0.0934. The fourth-order valence-electron chi connectivity index (χ4n) is 0.797. The van der Waals surface area contributed by atoms with E-state index in [1.807, 2.05) is 26.2 Å². The quantitative estimate of drug-likeness (QED) is 0.634. The lowest BCUT2D eigenvalue weighted by atomic mass is 10.2. The molecule has 1 aromatic rings. The van der Waals surface area contributed by atoms with Crippen molar-refractivity contribution in [3.05, 3.63) is 9.98 Å². The smallest absolute Gasteiger partial charge is 0.316 e. The number of esters is 1. The second kappa shape index (κ2) is 5.32. The largest absolute Gasteiger partial charge is 0.459 e. The van der Waals surface area contributed by atoms with Gasteiger partial charge in [-0.2, -0.15) is 0 Å². The maximum absolute atomic E-state index is 11.4. The third-order valence-corrected chi connectivity index (χ3v) is 3.89. The summed E-state index contributed by atoms with van der Waals surface area (Å²) in [5.41, 5.74) is -0.416. The molecule has 0 spiro atoms. The van der Waals surface area contributed by atoms with Crippen molar-refractivity contribution >= 4 is 45.0 Å². The second-order valence-electron chi connectivity index (χ2n) is 3.81. The Bertz CT molecular complexity index is 346. The van der Waals surface area contributed by atoms with E-state index in [1.165, 1.54) is 23.1 Å². The minimum atomic E-state index is -0.416. The van der Waals surface area contributed by atoms with Crippen LogP contribution >= 0.6 is 39.0 Å². The summed E-state index contributed by atoms with van der Waals surface area (Å²) >= 11 is 6.16. The molecule has 0 aliphatic carbocycles. The molecule has 3 nitrogen and oxygen atoms in total. The topological polar surface area (TPSA) is 39.2 Å². The lowest BCUT2D eigenvalue weighted by Gasteiger charge is -2.18. The first-order valence-electron chi connectivity index (χ1n) is 4.32. The van der Waals surface area contributed by atoms with Gasteiger partial charge in [0.2, 0.25) is 0 Å². The fraction of sp³-hybridized carbons (Fsp3) is 0.556. The number of thioether (sulfide) groups is 1. The van der Waals surface area contributed by atoms with E-state index in [9.17, 15) is 4.79 Å². The van der Waals surface area contributed by atoms with E-state index >= 15 is 0 Å². The Hall–Kier alpha value is -0.0700. The van der Waals surface area contributed by atoms with Crippen LogP contribution in [0.25, 0.3) is 0 Å². The highest BCUT2D eigenvalue weighted by atomic mass is 79.9. The number of rotatable bonds is 3. The Morgan fingerprint density at radius 1 is 1.67 bits per heavy atom. The number of carbonyl (C=O) groups is 1. The zero-order valence-corrected chi connectivity index (χ0v) is 12.0. The van der Waals surface area contributed by atoms with Crippen LogP contribution in [-0.2, 0) is 9.53 Å². The van der Waals surface area contributed by atoms with Gasteiger partial charge in [-0.05, 0) is 36.7 Å². The summed E-state index contributed by atoms with van der Waals surface area (Å²) in [5, 5.41) is 1.89. The maximum atomic E-state index is 11.4. The van der Waals surface area contributed by atoms with E-state index in [2.05, 4.69) is 20.9 Å². The van der Waals surface area contributed by atoms with Gasteiger partial charge in [-0.25, -0.2) is 4.98 Å². The van der Waals surface area contributed by atoms with Gasteiger partial charge in [0.1, 0.15) is 10.2 Å². The van der Waals surface area contributed by atoms with Crippen molar-refractivity contribution in [1.82, 2.24) is 4.98 Å². The number of carbonyl (C=O) groups excluding carboxylic acids is 1. The normalized spacial score (nSPS) is 11.5. The zero-order valence-electron chi connectivity index (χ0n) is 8.74. The lowest BCUT2D eigenvalue weighted by Crippen LogP contribution is -2.24. The first-order chi connectivity index (χ1) is 6.87. The average molecular weight is 310 g/mol. The van der Waals surface area contributed by atoms with Crippen LogP contribution in [0.15, 0.2) is 14.3 Å². The van der Waals surface area contributed by atoms with E-state index in [-0.39, 0.29) is 5.97 Å². The van der Waals surface area contributed by atoms with Crippen LogP contribution < -0.4 is 0 Å². The van der Waals surface area contributed by atoms with E-state index < -0.39 is 5.60 Å². The number of nitrogens with zero attached hydrogens (tertiary/aromatic N) is 1. The fourth-order valence-corrected chi connectivity index (χ4v) is 2.95. The molecule has 1 rings (SSSR count). The molecule has 0 fully saturated rings. The van der Waals surface area contributed by atoms with Crippen molar-refractivity contribution in [3.63, 3.8) is 0 Å². The Balaban J connectivity index is 2.35. The predicted octanol–water partition coefficient (Wildman–Crippen LogP) is 3.34. The van der Waals surface area contributed by atoms with E-state index in [1.54, 1.807) is 0 Å². The maximum Gasteiger partial charge on any atom is 0.316 e. The van der Waals surface area contributed by atoms with Gasteiger partial charge in [-0.1, -0.05) is 11.8 Å². The second-order valence-corrected chi connectivity index (χ2v) is 6.70. The monoisotopic (exact) mass is 309 g/mol. The van der Waals surface area contributed by atoms with Gasteiger partial charge >= 0.3 is 5.97 Å². The van der Waals surface area contributed by atoms with Crippen LogP contribution in [0.2, 0.25) is 0 Å². The van der Waals surface area contributed by atoms with Crippen LogP contribution in [0.1, 0.15) is 20.8 Å². The average Bonchev–Trinajstić information content (AvgIpc) is 2.45. The van der Waals surface area contributed by atoms with Crippen LogP contribution in [0, 0.1) is 0 Å². The van der Waals surface area contributed by atoms with Gasteiger partial charge in [-0.3, -0.25) is 4.79 Å². The number of hydrogen-bond donors (Lipinski definition) is 0. The molecule has 84 valence electrons. The van der Waals surface area contributed by atoms with Gasteiger partial charge in [-0.15, -0.1) is 11.3 Å². The molecule has 0 amide bonds. The molecule has 0 aromatic carbocycles. The third kappa shape index (κ3) is 5.53. The van der Waals surface area contributed by atoms with E-state index in [4.69, 9.17) is 4.74 Å². The van der Waals surface area contributed by atoms with Crippen molar-refractivity contribution in [2.24, 2.45) is 0 Å². The van der Waals surface area contributed by atoms with Gasteiger partial charge in [0.25, 0.3) is 0 Å². The molecule has 0 bridgehead atoms. The summed E-state index contributed by atoms with van der Waals surface area (Å²) in [7, 11) is 0. The van der Waals surface area contributed by atoms with Crippen LogP contribution in [0.3, 0.4) is 0 Å². The van der Waals surface area contributed by atoms with Crippen LogP contribution in [0.4, 0.5) is 0 Å². The number of aromatic nitrogens is 1. The Kier molecular flexibility index (Phi) is 4.61. The van der Waals surface area contributed by atoms with Gasteiger partial charge in [0.05, 0.1) is 5.75 Å². The summed E-state index contributed by atoms with van der Waals surface area (Å²) in [6.45, 7) is 5.57. The SMILES string of the molecule is CC(C)(C)OC(=O)CSc1nc(Br)cs1. The standard InChI is InChI=1S/C9H12BrNO2S2/c1-9(2,3)13-7(12)5-15-8-11-6(10)4-14-8/h4H,5H2,1-3H3. The highest BCUT2D eigenvalue weighted by molar-refractivity contribution is 9.10. The van der Waals surface area contributed by atoms with Crippen LogP contribution in [-0.4, -0.2) is 22.3 Å². The molecular formula is C9H12BrNO2S2. The van der Waals surface area contributed by atoms with Gasteiger partial charge < -0.3 is 4.74 Å².